The van der Waals surface area contributed by atoms with E-state index in [0.29, 0.717) is 17.0 Å². The fourth-order valence-electron chi connectivity index (χ4n) is 2.82. The minimum Gasteiger partial charge on any atom is -0.459 e. The van der Waals surface area contributed by atoms with Gasteiger partial charge in [-0.1, -0.05) is 18.2 Å². The lowest BCUT2D eigenvalue weighted by atomic mass is 10.1. The van der Waals surface area contributed by atoms with E-state index in [1.165, 1.54) is 12.3 Å². The van der Waals surface area contributed by atoms with Gasteiger partial charge < -0.3 is 14.7 Å². The molecule has 3 aromatic heterocycles. The Kier molecular flexibility index (Phi) is 3.96. The number of fused-ring (bicyclic) bond motifs is 1. The van der Waals surface area contributed by atoms with Crippen molar-refractivity contribution in [1.29, 1.82) is 5.26 Å². The lowest BCUT2D eigenvalue weighted by molar-refractivity contribution is 0.0935. The number of furan rings is 1. The average molecular weight is 342 g/mol. The Morgan fingerprint density at radius 3 is 2.73 bits per heavy atom. The molecular formula is C20H14N4O2. The van der Waals surface area contributed by atoms with Crippen molar-refractivity contribution >= 4 is 16.9 Å². The van der Waals surface area contributed by atoms with E-state index in [-0.39, 0.29) is 5.91 Å². The summed E-state index contributed by atoms with van der Waals surface area (Å²) in [6, 6.07) is 16.3. The number of amides is 1. The second-order valence-corrected chi connectivity index (χ2v) is 5.79. The second-order valence-electron chi connectivity index (χ2n) is 5.79. The van der Waals surface area contributed by atoms with E-state index >= 15 is 0 Å². The normalized spacial score (nSPS) is 11.8. The van der Waals surface area contributed by atoms with Crippen LogP contribution in [-0.4, -0.2) is 15.9 Å². The molecule has 1 aromatic carbocycles. The fourth-order valence-corrected chi connectivity index (χ4v) is 2.82. The van der Waals surface area contributed by atoms with Gasteiger partial charge in [0, 0.05) is 24.0 Å². The summed E-state index contributed by atoms with van der Waals surface area (Å²) in [5.41, 5.74) is 2.32. The first-order valence-corrected chi connectivity index (χ1v) is 8.02. The average Bonchev–Trinajstić information content (AvgIpc) is 3.33. The van der Waals surface area contributed by atoms with Crippen molar-refractivity contribution in [3.05, 3.63) is 89.7 Å². The summed E-state index contributed by atoms with van der Waals surface area (Å²) in [7, 11) is 0. The zero-order valence-corrected chi connectivity index (χ0v) is 13.6. The van der Waals surface area contributed by atoms with E-state index in [4.69, 9.17) is 9.68 Å². The van der Waals surface area contributed by atoms with E-state index in [2.05, 4.69) is 15.3 Å². The van der Waals surface area contributed by atoms with Gasteiger partial charge in [-0.2, -0.15) is 5.26 Å². The number of H-pyrrole nitrogens is 1. The lowest BCUT2D eigenvalue weighted by Gasteiger charge is -2.16. The van der Waals surface area contributed by atoms with Gasteiger partial charge in [-0.05, 0) is 35.9 Å². The van der Waals surface area contributed by atoms with E-state index in [1.807, 2.05) is 48.5 Å². The van der Waals surface area contributed by atoms with Crippen LogP contribution in [0.25, 0.3) is 11.0 Å². The maximum absolute atomic E-state index is 12.6. The van der Waals surface area contributed by atoms with Crippen LogP contribution in [0.4, 0.5) is 0 Å². The summed E-state index contributed by atoms with van der Waals surface area (Å²) in [6.45, 7) is 0. The molecule has 1 atom stereocenters. The predicted octanol–water partition coefficient (Wildman–Crippen LogP) is 3.55. The number of para-hydroxylation sites is 1. The maximum atomic E-state index is 12.6. The Bertz CT molecular complexity index is 1070. The van der Waals surface area contributed by atoms with Crippen LogP contribution in [0.5, 0.6) is 0 Å². The topological polar surface area (TPSA) is 94.7 Å². The molecule has 0 saturated heterocycles. The summed E-state index contributed by atoms with van der Waals surface area (Å²) in [4.78, 5) is 19.5. The third-order valence-corrected chi connectivity index (χ3v) is 4.10. The van der Waals surface area contributed by atoms with Crippen LogP contribution in [0.2, 0.25) is 0 Å². The van der Waals surface area contributed by atoms with E-state index in [0.717, 1.165) is 16.5 Å². The summed E-state index contributed by atoms with van der Waals surface area (Å²) in [6.07, 6.45) is 4.83. The molecule has 126 valence electrons. The van der Waals surface area contributed by atoms with Gasteiger partial charge in [0.25, 0.3) is 5.91 Å². The van der Waals surface area contributed by atoms with Crippen LogP contribution >= 0.6 is 0 Å². The highest BCUT2D eigenvalue weighted by molar-refractivity contribution is 5.93. The van der Waals surface area contributed by atoms with Crippen LogP contribution in [0, 0.1) is 11.3 Å². The third kappa shape index (κ3) is 2.94. The van der Waals surface area contributed by atoms with Crippen LogP contribution in [-0.2, 0) is 0 Å². The highest BCUT2D eigenvalue weighted by atomic mass is 16.3. The molecule has 0 radical (unpaired) electrons. The quantitative estimate of drug-likeness (QED) is 0.593. The van der Waals surface area contributed by atoms with Gasteiger partial charge in [-0.3, -0.25) is 9.78 Å². The van der Waals surface area contributed by atoms with Gasteiger partial charge in [-0.25, -0.2) is 0 Å². The smallest absolute Gasteiger partial charge is 0.268 e. The molecule has 3 heterocycles. The number of nitrogens with zero attached hydrogens (tertiary/aromatic N) is 2. The Hall–Kier alpha value is -3.85. The van der Waals surface area contributed by atoms with Crippen molar-refractivity contribution in [3.8, 4) is 6.07 Å². The highest BCUT2D eigenvalue weighted by Gasteiger charge is 2.22. The summed E-state index contributed by atoms with van der Waals surface area (Å²) in [5, 5.41) is 12.9. The van der Waals surface area contributed by atoms with Crippen LogP contribution in [0.1, 0.15) is 33.4 Å². The molecule has 0 unspecified atom stereocenters. The van der Waals surface area contributed by atoms with E-state index in [1.54, 1.807) is 12.4 Å². The number of hydrogen-bond acceptors (Lipinski definition) is 4. The molecule has 0 saturated carbocycles. The number of aromatic nitrogens is 2. The number of benzene rings is 1. The van der Waals surface area contributed by atoms with Crippen LogP contribution in [0.3, 0.4) is 0 Å². The Labute approximate surface area is 149 Å². The molecule has 0 spiro atoms. The molecule has 0 bridgehead atoms. The number of carbonyl (C=O) groups is 1. The van der Waals surface area contributed by atoms with Crippen molar-refractivity contribution in [2.24, 2.45) is 0 Å². The molecule has 6 nitrogen and oxygen atoms in total. The molecular weight excluding hydrogens is 328 g/mol. The number of hydrogen-bond donors (Lipinski definition) is 2. The van der Waals surface area contributed by atoms with Crippen molar-refractivity contribution in [1.82, 2.24) is 15.3 Å². The van der Waals surface area contributed by atoms with Gasteiger partial charge in [0.15, 0.2) is 0 Å². The number of aromatic amines is 1. The Balaban J connectivity index is 1.71. The van der Waals surface area contributed by atoms with Gasteiger partial charge >= 0.3 is 0 Å². The van der Waals surface area contributed by atoms with Crippen LogP contribution in [0.15, 0.2) is 71.5 Å². The third-order valence-electron chi connectivity index (χ3n) is 4.10. The first-order valence-electron chi connectivity index (χ1n) is 8.02. The lowest BCUT2D eigenvalue weighted by Crippen LogP contribution is -2.29. The number of pyridine rings is 1. The highest BCUT2D eigenvalue weighted by Crippen LogP contribution is 2.28. The predicted molar refractivity (Wildman–Crippen MR) is 95.3 cm³/mol. The minimum absolute atomic E-state index is 0.316. The van der Waals surface area contributed by atoms with Crippen molar-refractivity contribution < 1.29 is 9.21 Å². The van der Waals surface area contributed by atoms with Crippen molar-refractivity contribution in [2.45, 2.75) is 6.04 Å². The molecule has 6 heteroatoms. The molecule has 0 aliphatic carbocycles. The van der Waals surface area contributed by atoms with Crippen LogP contribution < -0.4 is 5.32 Å². The molecule has 4 rings (SSSR count). The second kappa shape index (κ2) is 6.57. The maximum Gasteiger partial charge on any atom is 0.268 e. The minimum atomic E-state index is -0.480. The van der Waals surface area contributed by atoms with Gasteiger partial charge in [0.2, 0.25) is 0 Å². The zero-order chi connectivity index (χ0) is 17.9. The first kappa shape index (κ1) is 15.7. The molecule has 2 N–H and O–H groups in total. The zero-order valence-electron chi connectivity index (χ0n) is 13.6. The Morgan fingerprint density at radius 1 is 1.19 bits per heavy atom. The van der Waals surface area contributed by atoms with Crippen molar-refractivity contribution in [3.63, 3.8) is 0 Å². The largest absolute Gasteiger partial charge is 0.459 e. The van der Waals surface area contributed by atoms with Gasteiger partial charge in [0.1, 0.15) is 29.1 Å². The first-order chi connectivity index (χ1) is 12.7. The van der Waals surface area contributed by atoms with Gasteiger partial charge in [-0.15, -0.1) is 0 Å². The molecule has 0 fully saturated rings. The standard InChI is InChI=1S/C20H14N4O2/c21-11-13-9-16(23-12-13)20(25)24-19(14-5-7-22-8-6-14)18-10-15-3-1-2-4-17(15)26-18/h1-10,12,19,23H,(H,24,25)/t19-/m0/s1. The Morgan fingerprint density at radius 2 is 2.00 bits per heavy atom. The SMILES string of the molecule is N#Cc1c[nH]c(C(=O)N[C@@H](c2ccncc2)c2cc3ccccc3o2)c1. The van der Waals surface area contributed by atoms with E-state index in [9.17, 15) is 4.79 Å². The molecule has 26 heavy (non-hydrogen) atoms. The summed E-state index contributed by atoms with van der Waals surface area (Å²) >= 11 is 0. The molecule has 1 amide bonds. The molecule has 0 aliphatic heterocycles. The number of carbonyl (C=O) groups excluding carboxylic acids is 1. The fraction of sp³-hybridized carbons (Fsp3) is 0.0500. The van der Waals surface area contributed by atoms with E-state index < -0.39 is 6.04 Å². The summed E-state index contributed by atoms with van der Waals surface area (Å²) < 4.78 is 5.95. The number of nitriles is 1. The molecule has 4 aromatic rings. The monoisotopic (exact) mass is 342 g/mol. The van der Waals surface area contributed by atoms with Crippen molar-refractivity contribution in [2.75, 3.05) is 0 Å². The summed E-state index contributed by atoms with van der Waals surface area (Å²) in [5.74, 6) is 0.298. The molecule has 0 aliphatic rings. The van der Waals surface area contributed by atoms with Gasteiger partial charge in [0.05, 0.1) is 5.56 Å². The number of nitrogens with one attached hydrogen (secondary N) is 2. The number of rotatable bonds is 4.